The molecule has 0 radical (unpaired) electrons. The zero-order chi connectivity index (χ0) is 28.6. The Hall–Kier alpha value is -4.01. The van der Waals surface area contributed by atoms with Crippen LogP contribution >= 0.6 is 0 Å². The van der Waals surface area contributed by atoms with Gasteiger partial charge >= 0.3 is 0 Å². The number of nitrogens with zero attached hydrogens (tertiary/aromatic N) is 6. The topological polar surface area (TPSA) is 140 Å². The van der Waals surface area contributed by atoms with Gasteiger partial charge in [-0.05, 0) is 31.9 Å². The van der Waals surface area contributed by atoms with Crippen molar-refractivity contribution in [2.75, 3.05) is 46.0 Å². The Morgan fingerprint density at radius 2 is 2.02 bits per heavy atom. The maximum Gasteiger partial charge on any atom is 0.248 e. The number of ether oxygens (including phenoxy) is 2. The summed E-state index contributed by atoms with van der Waals surface area (Å²) in [6.45, 7) is 7.93. The number of aliphatic hydroxyl groups is 1. The number of allylic oxidation sites excluding steroid dienone is 6. The molecular formula is C30H35N7O4. The Labute approximate surface area is 238 Å². The normalized spacial score (nSPS) is 28.2. The van der Waals surface area contributed by atoms with Gasteiger partial charge in [-0.3, -0.25) is 4.79 Å². The Balaban J connectivity index is 1.22. The number of aliphatic hydroxyl groups excluding tert-OH is 1. The molecule has 2 fully saturated rings. The first kappa shape index (κ1) is 27.2. The van der Waals surface area contributed by atoms with E-state index in [-0.39, 0.29) is 17.4 Å². The predicted octanol–water partition coefficient (Wildman–Crippen LogP) is 2.39. The molecule has 2 unspecified atom stereocenters. The summed E-state index contributed by atoms with van der Waals surface area (Å²) in [4.78, 5) is 33.3. The van der Waals surface area contributed by atoms with Crippen LogP contribution in [0.25, 0.3) is 11.2 Å². The summed E-state index contributed by atoms with van der Waals surface area (Å²) < 4.78 is 11.7. The lowest BCUT2D eigenvalue weighted by atomic mass is 9.77. The van der Waals surface area contributed by atoms with E-state index in [2.05, 4.69) is 58.0 Å². The fourth-order valence-corrected chi connectivity index (χ4v) is 6.04. The van der Waals surface area contributed by atoms with Crippen LogP contribution in [0.3, 0.4) is 0 Å². The van der Waals surface area contributed by atoms with E-state index in [4.69, 9.17) is 19.6 Å². The molecule has 6 rings (SSSR count). The number of nitrogens with one attached hydrogen (secondary N) is 1. The molecule has 0 spiro atoms. The number of amides is 1. The van der Waals surface area contributed by atoms with Crippen molar-refractivity contribution in [3.05, 3.63) is 65.3 Å². The number of aromatic amines is 1. The van der Waals surface area contributed by atoms with Gasteiger partial charge in [0.2, 0.25) is 5.91 Å². The van der Waals surface area contributed by atoms with Crippen LogP contribution in [0.5, 0.6) is 0 Å². The number of aromatic nitrogens is 4. The molecule has 2 aromatic heterocycles. The maximum atomic E-state index is 11.8. The number of imidazole rings is 1. The van der Waals surface area contributed by atoms with E-state index < -0.39 is 12.0 Å². The minimum atomic E-state index is -0.579. The molecule has 1 amide bonds. The maximum absolute atomic E-state index is 11.8. The van der Waals surface area contributed by atoms with Gasteiger partial charge in [0.15, 0.2) is 5.65 Å². The van der Waals surface area contributed by atoms with Gasteiger partial charge < -0.3 is 29.4 Å². The largest absolute Gasteiger partial charge is 0.487 e. The van der Waals surface area contributed by atoms with Crippen molar-refractivity contribution in [1.82, 2.24) is 29.7 Å². The van der Waals surface area contributed by atoms with Gasteiger partial charge in [-0.2, -0.15) is 5.26 Å². The average molecular weight is 558 g/mol. The van der Waals surface area contributed by atoms with Crippen LogP contribution in [0, 0.1) is 11.3 Å². The first-order valence-corrected chi connectivity index (χ1v) is 14.1. The minimum Gasteiger partial charge on any atom is -0.487 e. The summed E-state index contributed by atoms with van der Waals surface area (Å²) in [6, 6.07) is 2.29. The van der Waals surface area contributed by atoms with Crippen molar-refractivity contribution in [2.24, 2.45) is 0 Å². The number of H-pyrrole nitrogens is 1. The molecule has 4 heterocycles. The summed E-state index contributed by atoms with van der Waals surface area (Å²) in [6.07, 6.45) is 13.8. The predicted molar refractivity (Wildman–Crippen MR) is 150 cm³/mol. The molecule has 2 N–H and O–H groups in total. The smallest absolute Gasteiger partial charge is 0.248 e. The monoisotopic (exact) mass is 557 g/mol. The molecule has 0 saturated carbocycles. The van der Waals surface area contributed by atoms with E-state index in [0.29, 0.717) is 42.9 Å². The van der Waals surface area contributed by atoms with Crippen molar-refractivity contribution < 1.29 is 19.4 Å². The van der Waals surface area contributed by atoms with Crippen LogP contribution < -0.4 is 0 Å². The van der Waals surface area contributed by atoms with Crippen molar-refractivity contribution in [2.45, 2.75) is 50.0 Å². The lowest BCUT2D eigenvalue weighted by Gasteiger charge is -2.33. The zero-order valence-corrected chi connectivity index (χ0v) is 23.5. The molecule has 214 valence electrons. The highest BCUT2D eigenvalue weighted by molar-refractivity contribution is 5.77. The van der Waals surface area contributed by atoms with Crippen LogP contribution in [0.2, 0.25) is 0 Å². The van der Waals surface area contributed by atoms with Gasteiger partial charge in [-0.25, -0.2) is 15.0 Å². The van der Waals surface area contributed by atoms with Crippen LogP contribution in [0.15, 0.2) is 53.7 Å². The van der Waals surface area contributed by atoms with Crippen molar-refractivity contribution in [3.63, 3.8) is 0 Å². The highest BCUT2D eigenvalue weighted by Gasteiger charge is 2.36. The number of rotatable bonds is 6. The van der Waals surface area contributed by atoms with E-state index in [1.165, 1.54) is 12.0 Å². The second-order valence-electron chi connectivity index (χ2n) is 11.6. The Morgan fingerprint density at radius 3 is 2.76 bits per heavy atom. The third kappa shape index (κ3) is 5.13. The van der Waals surface area contributed by atoms with Crippen LogP contribution in [0.1, 0.15) is 44.6 Å². The number of carbonyl (C=O) groups is 1. The number of fused-ring (bicyclic) bond motifs is 1. The number of likely N-dealkylation sites (tertiary alicyclic amines) is 1. The van der Waals surface area contributed by atoms with Crippen LogP contribution in [0.4, 0.5) is 0 Å². The molecule has 2 aliphatic heterocycles. The lowest BCUT2D eigenvalue weighted by Crippen LogP contribution is -2.36. The second kappa shape index (κ2) is 10.8. The van der Waals surface area contributed by atoms with Gasteiger partial charge in [0.25, 0.3) is 0 Å². The molecule has 2 saturated heterocycles. The molecule has 3 atom stereocenters. The van der Waals surface area contributed by atoms with Crippen LogP contribution in [-0.4, -0.2) is 92.9 Å². The average Bonchev–Trinajstić information content (AvgIpc) is 3.66. The lowest BCUT2D eigenvalue weighted by molar-refractivity contribution is -0.133. The summed E-state index contributed by atoms with van der Waals surface area (Å²) in [5.41, 5.74) is 2.90. The van der Waals surface area contributed by atoms with Crippen molar-refractivity contribution >= 4 is 17.1 Å². The zero-order valence-electron chi connectivity index (χ0n) is 23.5. The number of carbonyl (C=O) groups excluding carboxylic acids is 1. The molecule has 0 bridgehead atoms. The fourth-order valence-electron chi connectivity index (χ4n) is 6.04. The molecule has 11 heteroatoms. The van der Waals surface area contributed by atoms with Gasteiger partial charge in [-0.1, -0.05) is 25.2 Å². The SMILES string of the molecule is CC1(c2nc3ncnc(C4(C)C=C(C#N)C(O[C@@H]5CCN(C(=O)CO)C5)=CC4)c3[nH]2)C=CC(N2CCOCC2)=CC1. The van der Waals surface area contributed by atoms with E-state index in [1.807, 2.05) is 12.2 Å². The van der Waals surface area contributed by atoms with Gasteiger partial charge in [0.05, 0.1) is 31.0 Å². The summed E-state index contributed by atoms with van der Waals surface area (Å²) in [5, 5.41) is 19.2. The van der Waals surface area contributed by atoms with Crippen LogP contribution in [-0.2, 0) is 25.1 Å². The highest BCUT2D eigenvalue weighted by atomic mass is 16.5. The van der Waals surface area contributed by atoms with Gasteiger partial charge in [0.1, 0.15) is 42.2 Å². The summed E-state index contributed by atoms with van der Waals surface area (Å²) in [5.74, 6) is 1.04. The van der Waals surface area contributed by atoms with E-state index in [0.717, 1.165) is 49.8 Å². The second-order valence-corrected chi connectivity index (χ2v) is 11.6. The third-order valence-corrected chi connectivity index (χ3v) is 8.59. The Morgan fingerprint density at radius 1 is 1.22 bits per heavy atom. The van der Waals surface area contributed by atoms with Crippen molar-refractivity contribution in [3.8, 4) is 6.07 Å². The van der Waals surface area contributed by atoms with Gasteiger partial charge in [-0.15, -0.1) is 0 Å². The molecule has 2 aromatic rings. The van der Waals surface area contributed by atoms with E-state index in [1.54, 1.807) is 4.90 Å². The number of morpholine rings is 1. The first-order chi connectivity index (χ1) is 19.8. The standard InChI is InChI=1S/C30H35N7O4/c1-29(7-3-21(4-8-29)36-11-13-40-14-12-36)28-34-25-26(32-19-33-27(25)35-28)30(2)9-5-23(20(15-30)16-31)41-22-6-10-37(17-22)24(39)18-38/h3-5,7,15,19,22,38H,6,8-14,17-18H2,1-2H3,(H,32,33,34,35)/t22-,29?,30?/m1/s1. The number of nitriles is 1. The Bertz CT molecular complexity index is 1510. The number of hydrogen-bond donors (Lipinski definition) is 2. The highest BCUT2D eigenvalue weighted by Crippen LogP contribution is 2.40. The molecule has 2 aliphatic carbocycles. The summed E-state index contributed by atoms with van der Waals surface area (Å²) in [7, 11) is 0. The quantitative estimate of drug-likeness (QED) is 0.548. The van der Waals surface area contributed by atoms with Gasteiger partial charge in [0, 0.05) is 42.6 Å². The molecular weight excluding hydrogens is 522 g/mol. The molecule has 11 nitrogen and oxygen atoms in total. The molecule has 4 aliphatic rings. The van der Waals surface area contributed by atoms with E-state index >= 15 is 0 Å². The van der Waals surface area contributed by atoms with Crippen molar-refractivity contribution in [1.29, 1.82) is 5.26 Å². The minimum absolute atomic E-state index is 0.221. The Kier molecular flexibility index (Phi) is 7.13. The third-order valence-electron chi connectivity index (χ3n) is 8.59. The molecule has 0 aromatic carbocycles. The summed E-state index contributed by atoms with van der Waals surface area (Å²) >= 11 is 0. The first-order valence-electron chi connectivity index (χ1n) is 14.1. The fraction of sp³-hybridized carbons (Fsp3) is 0.500. The van der Waals surface area contributed by atoms with E-state index in [9.17, 15) is 10.1 Å². The number of hydrogen-bond acceptors (Lipinski definition) is 9. The molecule has 41 heavy (non-hydrogen) atoms.